The Hall–Kier alpha value is -2.54. The minimum absolute atomic E-state index is 0.0976. The quantitative estimate of drug-likeness (QED) is 0.678. The van der Waals surface area contributed by atoms with Crippen molar-refractivity contribution in [3.8, 4) is 11.3 Å². The van der Waals surface area contributed by atoms with E-state index in [2.05, 4.69) is 11.1 Å². The molecule has 1 aliphatic carbocycles. The predicted molar refractivity (Wildman–Crippen MR) is 119 cm³/mol. The molecule has 2 heterocycles. The number of rotatable bonds is 3. The molecule has 3 aromatic rings. The van der Waals surface area contributed by atoms with E-state index in [4.69, 9.17) is 16.7 Å². The van der Waals surface area contributed by atoms with Gasteiger partial charge in [0, 0.05) is 29.9 Å². The van der Waals surface area contributed by atoms with Crippen molar-refractivity contribution in [1.29, 1.82) is 0 Å². The Labute approximate surface area is 182 Å². The van der Waals surface area contributed by atoms with Crippen LogP contribution in [0.4, 0.5) is 5.69 Å². The van der Waals surface area contributed by atoms with Crippen LogP contribution in [0.2, 0.25) is 5.02 Å². The van der Waals surface area contributed by atoms with Crippen molar-refractivity contribution >= 4 is 34.2 Å². The number of hydrogen-bond acceptors (Lipinski definition) is 3. The molecule has 1 aliphatic heterocycles. The number of anilines is 1. The molecule has 5 rings (SSSR count). The lowest BCUT2D eigenvalue weighted by molar-refractivity contribution is -0.122. The summed E-state index contributed by atoms with van der Waals surface area (Å²) < 4.78 is 11.7. The van der Waals surface area contributed by atoms with Crippen molar-refractivity contribution in [3.63, 3.8) is 0 Å². The summed E-state index contributed by atoms with van der Waals surface area (Å²) in [6.07, 6.45) is 3.90. The van der Waals surface area contributed by atoms with Crippen LogP contribution in [0.15, 0.2) is 59.6 Å². The number of aromatic nitrogens is 1. The number of hydrogen-bond donors (Lipinski definition) is 1. The second-order valence-electron chi connectivity index (χ2n) is 7.75. The highest BCUT2D eigenvalue weighted by Crippen LogP contribution is 2.38. The lowest BCUT2D eigenvalue weighted by Crippen LogP contribution is -2.35. The van der Waals surface area contributed by atoms with E-state index in [0.29, 0.717) is 29.3 Å². The Morgan fingerprint density at radius 2 is 1.90 bits per heavy atom. The van der Waals surface area contributed by atoms with Crippen LogP contribution in [-0.2, 0) is 35.0 Å². The maximum atomic E-state index is 13.4. The molecule has 2 atom stereocenters. The molecule has 2 N–H and O–H groups in total. The SMILES string of the molecule is NS(=O)c1ccc2c(c1)N(C(=O)C1Cc3cc(Cl)c(-c4ccccn4)cc3C1)CC2. The van der Waals surface area contributed by atoms with Gasteiger partial charge < -0.3 is 4.90 Å². The van der Waals surface area contributed by atoms with Gasteiger partial charge in [-0.1, -0.05) is 23.7 Å². The van der Waals surface area contributed by atoms with Crippen molar-refractivity contribution in [2.24, 2.45) is 11.1 Å². The molecule has 5 nitrogen and oxygen atoms in total. The topological polar surface area (TPSA) is 76.3 Å². The molecule has 2 unspecified atom stereocenters. The second kappa shape index (κ2) is 7.61. The Morgan fingerprint density at radius 3 is 2.63 bits per heavy atom. The third kappa shape index (κ3) is 3.35. The summed E-state index contributed by atoms with van der Waals surface area (Å²) in [5.74, 6) is -0.0339. The van der Waals surface area contributed by atoms with Gasteiger partial charge in [0.25, 0.3) is 0 Å². The average Bonchev–Trinajstić information content (AvgIpc) is 3.36. The Kier molecular flexibility index (Phi) is 4.93. The van der Waals surface area contributed by atoms with Gasteiger partial charge in [-0.05, 0) is 72.4 Å². The van der Waals surface area contributed by atoms with Gasteiger partial charge in [-0.25, -0.2) is 9.35 Å². The highest BCUT2D eigenvalue weighted by molar-refractivity contribution is 7.82. The molecule has 0 spiro atoms. The zero-order valence-electron chi connectivity index (χ0n) is 16.2. The van der Waals surface area contributed by atoms with Gasteiger partial charge in [-0.2, -0.15) is 0 Å². The molecule has 0 saturated heterocycles. The minimum atomic E-state index is -1.57. The number of nitrogens with zero attached hydrogens (tertiary/aromatic N) is 2. The summed E-state index contributed by atoms with van der Waals surface area (Å²) in [6.45, 7) is 0.640. The summed E-state index contributed by atoms with van der Waals surface area (Å²) in [5, 5.41) is 6.19. The number of amides is 1. The van der Waals surface area contributed by atoms with Gasteiger partial charge in [0.2, 0.25) is 5.91 Å². The van der Waals surface area contributed by atoms with Crippen LogP contribution in [0, 0.1) is 5.92 Å². The fourth-order valence-electron chi connectivity index (χ4n) is 4.47. The van der Waals surface area contributed by atoms with Crippen molar-refractivity contribution in [1.82, 2.24) is 4.98 Å². The van der Waals surface area contributed by atoms with Crippen LogP contribution in [0.5, 0.6) is 0 Å². The smallest absolute Gasteiger partial charge is 0.230 e. The number of carbonyl (C=O) groups is 1. The molecule has 0 bridgehead atoms. The third-order valence-corrected chi connectivity index (χ3v) is 6.99. The highest BCUT2D eigenvalue weighted by atomic mass is 35.5. The normalized spacial score (nSPS) is 18.2. The van der Waals surface area contributed by atoms with Crippen LogP contribution in [0.1, 0.15) is 16.7 Å². The summed E-state index contributed by atoms with van der Waals surface area (Å²) >= 11 is 6.53. The number of halogens is 1. The average molecular weight is 438 g/mol. The van der Waals surface area contributed by atoms with Gasteiger partial charge in [-0.15, -0.1) is 0 Å². The summed E-state index contributed by atoms with van der Waals surface area (Å²) in [4.78, 5) is 20.1. The molecule has 152 valence electrons. The van der Waals surface area contributed by atoms with Crippen LogP contribution < -0.4 is 10.0 Å². The van der Waals surface area contributed by atoms with Crippen molar-refractivity contribution < 1.29 is 9.00 Å². The first-order valence-electron chi connectivity index (χ1n) is 9.84. The number of fused-ring (bicyclic) bond motifs is 2. The lowest BCUT2D eigenvalue weighted by Gasteiger charge is -2.21. The van der Waals surface area contributed by atoms with E-state index in [9.17, 15) is 9.00 Å². The van der Waals surface area contributed by atoms with E-state index < -0.39 is 11.0 Å². The molecule has 0 radical (unpaired) electrons. The van der Waals surface area contributed by atoms with Gasteiger partial charge in [-0.3, -0.25) is 9.78 Å². The third-order valence-electron chi connectivity index (χ3n) is 5.96. The molecule has 2 aliphatic rings. The molecular formula is C23H20ClN3O2S. The molecule has 1 amide bonds. The largest absolute Gasteiger partial charge is 0.312 e. The molecular weight excluding hydrogens is 418 g/mol. The Balaban J connectivity index is 1.41. The van der Waals surface area contributed by atoms with Crippen LogP contribution in [0.25, 0.3) is 11.3 Å². The maximum absolute atomic E-state index is 13.4. The fraction of sp³-hybridized carbons (Fsp3) is 0.217. The highest BCUT2D eigenvalue weighted by Gasteiger charge is 2.34. The van der Waals surface area contributed by atoms with Crippen molar-refractivity contribution in [2.75, 3.05) is 11.4 Å². The van der Waals surface area contributed by atoms with Gasteiger partial charge in [0.15, 0.2) is 0 Å². The number of pyridine rings is 1. The second-order valence-corrected chi connectivity index (χ2v) is 9.22. The zero-order chi connectivity index (χ0) is 20.8. The van der Waals surface area contributed by atoms with E-state index in [1.807, 2.05) is 35.2 Å². The van der Waals surface area contributed by atoms with E-state index in [-0.39, 0.29) is 11.8 Å². The molecule has 1 aromatic heterocycles. The molecule has 2 aromatic carbocycles. The summed E-state index contributed by atoms with van der Waals surface area (Å²) in [5.41, 5.74) is 5.92. The van der Waals surface area contributed by atoms with Gasteiger partial charge in [0.1, 0.15) is 11.0 Å². The summed E-state index contributed by atoms with van der Waals surface area (Å²) in [7, 11) is -1.57. The monoisotopic (exact) mass is 437 g/mol. The van der Waals surface area contributed by atoms with E-state index in [0.717, 1.165) is 40.1 Å². The van der Waals surface area contributed by atoms with Crippen LogP contribution in [0.3, 0.4) is 0 Å². The van der Waals surface area contributed by atoms with E-state index in [1.165, 1.54) is 0 Å². The Morgan fingerprint density at radius 1 is 1.10 bits per heavy atom. The summed E-state index contributed by atoms with van der Waals surface area (Å²) in [6, 6.07) is 15.3. The molecule has 0 fully saturated rings. The number of nitrogens with two attached hydrogens (primary N) is 1. The first-order valence-corrected chi connectivity index (χ1v) is 11.4. The van der Waals surface area contributed by atoms with Crippen LogP contribution in [-0.4, -0.2) is 21.6 Å². The predicted octanol–water partition coefficient (Wildman–Crippen LogP) is 3.69. The standard InChI is InChI=1S/C23H20ClN3O2S/c24-20-12-16-10-17(9-15(16)11-19(20)21-3-1-2-7-26-21)23(28)27-8-6-14-4-5-18(30(25)29)13-22(14)27/h1-5,7,11-13,17H,6,8-10,25H2. The van der Waals surface area contributed by atoms with Gasteiger partial charge >= 0.3 is 0 Å². The Bertz CT molecular complexity index is 1180. The molecule has 30 heavy (non-hydrogen) atoms. The van der Waals surface area contributed by atoms with Crippen molar-refractivity contribution in [3.05, 3.63) is 76.4 Å². The maximum Gasteiger partial charge on any atom is 0.230 e. The van der Waals surface area contributed by atoms with Gasteiger partial charge in [0.05, 0.1) is 15.6 Å². The lowest BCUT2D eigenvalue weighted by atomic mass is 10.0. The molecule has 0 saturated carbocycles. The number of benzene rings is 2. The minimum Gasteiger partial charge on any atom is -0.312 e. The molecule has 7 heteroatoms. The fourth-order valence-corrected chi connectivity index (χ4v) is 5.18. The van der Waals surface area contributed by atoms with E-state index in [1.54, 1.807) is 18.3 Å². The van der Waals surface area contributed by atoms with Crippen LogP contribution >= 0.6 is 11.6 Å². The first kappa shape index (κ1) is 19.4. The van der Waals surface area contributed by atoms with Crippen molar-refractivity contribution in [2.45, 2.75) is 24.2 Å². The first-order chi connectivity index (χ1) is 14.5. The number of carbonyl (C=O) groups excluding carboxylic acids is 1. The zero-order valence-corrected chi connectivity index (χ0v) is 17.7. The van der Waals surface area contributed by atoms with E-state index >= 15 is 0 Å².